The van der Waals surface area contributed by atoms with E-state index in [1.807, 2.05) is 0 Å². The summed E-state index contributed by atoms with van der Waals surface area (Å²) in [6, 6.07) is 6.01. The molecule has 1 aromatic heterocycles. The number of benzene rings is 1. The summed E-state index contributed by atoms with van der Waals surface area (Å²) in [7, 11) is 0. The lowest BCUT2D eigenvalue weighted by Gasteiger charge is -2.17. The predicted molar refractivity (Wildman–Crippen MR) is 85.7 cm³/mol. The van der Waals surface area contributed by atoms with Crippen molar-refractivity contribution in [1.82, 2.24) is 10.1 Å². The van der Waals surface area contributed by atoms with Crippen molar-refractivity contribution in [1.29, 1.82) is 0 Å². The number of hydrogen-bond acceptors (Lipinski definition) is 6. The first-order valence-electron chi connectivity index (χ1n) is 7.77. The van der Waals surface area contributed by atoms with E-state index in [1.54, 1.807) is 26.0 Å². The number of aromatic carboxylic acids is 1. The Morgan fingerprint density at radius 3 is 2.72 bits per heavy atom. The molecular weight excluding hydrogens is 328 g/mol. The van der Waals surface area contributed by atoms with E-state index in [0.717, 1.165) is 0 Å². The van der Waals surface area contributed by atoms with Crippen LogP contribution in [-0.4, -0.2) is 57.4 Å². The average Bonchev–Trinajstić information content (AvgIpc) is 3.10. The lowest BCUT2D eigenvalue weighted by Crippen LogP contribution is -2.31. The molecule has 1 aromatic carbocycles. The lowest BCUT2D eigenvalue weighted by molar-refractivity contribution is 0.0686. The number of aliphatic hydroxyl groups excluding tert-OH is 1. The van der Waals surface area contributed by atoms with Gasteiger partial charge in [0, 0.05) is 0 Å². The summed E-state index contributed by atoms with van der Waals surface area (Å²) in [6.07, 6.45) is -1.52. The first kappa shape index (κ1) is 17.0. The maximum absolute atomic E-state index is 12.6. The van der Waals surface area contributed by atoms with Gasteiger partial charge in [0.15, 0.2) is 0 Å². The Morgan fingerprint density at radius 2 is 2.08 bits per heavy atom. The molecule has 0 bridgehead atoms. The molecule has 0 spiro atoms. The quantitative estimate of drug-likeness (QED) is 0.856. The minimum atomic E-state index is -1.06. The van der Waals surface area contributed by atoms with Gasteiger partial charge in [0.05, 0.1) is 24.3 Å². The topological polar surface area (TPSA) is 113 Å². The van der Waals surface area contributed by atoms with E-state index >= 15 is 0 Å². The van der Waals surface area contributed by atoms with Crippen LogP contribution in [0.15, 0.2) is 28.8 Å². The third-order valence-electron chi connectivity index (χ3n) is 4.14. The van der Waals surface area contributed by atoms with Gasteiger partial charge in [0.25, 0.3) is 5.91 Å². The molecule has 0 radical (unpaired) electrons. The van der Waals surface area contributed by atoms with Crippen LogP contribution in [0.3, 0.4) is 0 Å². The number of aromatic nitrogens is 1. The molecule has 25 heavy (non-hydrogen) atoms. The van der Waals surface area contributed by atoms with Crippen LogP contribution in [0.25, 0.3) is 0 Å². The Hall–Kier alpha value is -2.87. The molecule has 132 valence electrons. The zero-order valence-electron chi connectivity index (χ0n) is 13.8. The number of carbonyl (C=O) groups is 2. The van der Waals surface area contributed by atoms with E-state index in [9.17, 15) is 14.7 Å². The van der Waals surface area contributed by atoms with Gasteiger partial charge in [0.2, 0.25) is 0 Å². The number of aliphatic hydroxyl groups is 1. The second kappa shape index (κ2) is 6.56. The molecule has 1 saturated heterocycles. The van der Waals surface area contributed by atoms with Crippen LogP contribution in [0.4, 0.5) is 0 Å². The van der Waals surface area contributed by atoms with Gasteiger partial charge in [-0.25, -0.2) is 4.79 Å². The van der Waals surface area contributed by atoms with Crippen LogP contribution < -0.4 is 4.74 Å². The summed E-state index contributed by atoms with van der Waals surface area (Å²) in [5.74, 6) is -0.584. The molecule has 8 nitrogen and oxygen atoms in total. The SMILES string of the molecule is Cc1noc(C)c1C(=O)N1C[C@@H](O)[C@H](Oc2cccc(C(=O)O)c2)C1. The second-order valence-corrected chi connectivity index (χ2v) is 5.97. The number of ether oxygens (including phenoxy) is 1. The zero-order chi connectivity index (χ0) is 18.1. The molecule has 0 saturated carbocycles. The van der Waals surface area contributed by atoms with Crippen molar-refractivity contribution < 1.29 is 29.1 Å². The zero-order valence-corrected chi connectivity index (χ0v) is 13.8. The fourth-order valence-corrected chi connectivity index (χ4v) is 2.86. The highest BCUT2D eigenvalue weighted by Gasteiger charge is 2.37. The standard InChI is InChI=1S/C17H18N2O6/c1-9-15(10(2)25-18-9)16(21)19-7-13(20)14(8-19)24-12-5-3-4-11(6-12)17(22)23/h3-6,13-14,20H,7-8H2,1-2H3,(H,22,23)/t13-,14-/m1/s1. The summed E-state index contributed by atoms with van der Waals surface area (Å²) in [5, 5.41) is 23.0. The fraction of sp³-hybridized carbons (Fsp3) is 0.353. The monoisotopic (exact) mass is 346 g/mol. The summed E-state index contributed by atoms with van der Waals surface area (Å²) >= 11 is 0. The number of rotatable bonds is 4. The number of aryl methyl sites for hydroxylation is 2. The second-order valence-electron chi connectivity index (χ2n) is 5.97. The van der Waals surface area contributed by atoms with Gasteiger partial charge < -0.3 is 24.4 Å². The number of carboxylic acid groups (broad SMARTS) is 1. The minimum absolute atomic E-state index is 0.0913. The van der Waals surface area contributed by atoms with Gasteiger partial charge in [-0.05, 0) is 32.0 Å². The predicted octanol–water partition coefficient (Wildman–Crippen LogP) is 1.25. The molecule has 1 aliphatic heterocycles. The fourth-order valence-electron chi connectivity index (χ4n) is 2.86. The number of carboxylic acids is 1. The number of hydrogen-bond donors (Lipinski definition) is 2. The summed E-state index contributed by atoms with van der Waals surface area (Å²) in [4.78, 5) is 25.1. The van der Waals surface area contributed by atoms with E-state index in [2.05, 4.69) is 5.16 Å². The first-order chi connectivity index (χ1) is 11.9. The Bertz CT molecular complexity index is 796. The van der Waals surface area contributed by atoms with Gasteiger partial charge in [-0.1, -0.05) is 11.2 Å². The van der Waals surface area contributed by atoms with Gasteiger partial charge in [-0.15, -0.1) is 0 Å². The normalized spacial score (nSPS) is 19.9. The van der Waals surface area contributed by atoms with Crippen molar-refractivity contribution in [2.75, 3.05) is 13.1 Å². The molecule has 3 rings (SSSR count). The smallest absolute Gasteiger partial charge is 0.335 e. The van der Waals surface area contributed by atoms with Crippen molar-refractivity contribution in [3.05, 3.63) is 46.8 Å². The summed E-state index contributed by atoms with van der Waals surface area (Å²) in [6.45, 7) is 3.64. The summed E-state index contributed by atoms with van der Waals surface area (Å²) < 4.78 is 10.7. The number of likely N-dealkylation sites (tertiary alicyclic amines) is 1. The summed E-state index contributed by atoms with van der Waals surface area (Å²) in [5.41, 5.74) is 0.977. The van der Waals surface area contributed by atoms with Crippen LogP contribution in [0, 0.1) is 13.8 Å². The van der Waals surface area contributed by atoms with Crippen LogP contribution in [-0.2, 0) is 0 Å². The largest absolute Gasteiger partial charge is 0.486 e. The highest BCUT2D eigenvalue weighted by atomic mass is 16.5. The molecule has 1 amide bonds. The Morgan fingerprint density at radius 1 is 1.32 bits per heavy atom. The first-order valence-corrected chi connectivity index (χ1v) is 7.77. The molecule has 1 aliphatic rings. The van der Waals surface area contributed by atoms with Crippen LogP contribution in [0.1, 0.15) is 32.2 Å². The Kier molecular flexibility index (Phi) is 4.45. The Labute approximate surface area is 143 Å². The van der Waals surface area contributed by atoms with E-state index in [0.29, 0.717) is 22.8 Å². The molecule has 2 atom stereocenters. The number of carbonyl (C=O) groups excluding carboxylic acids is 1. The number of nitrogens with zero attached hydrogens (tertiary/aromatic N) is 2. The molecule has 2 N–H and O–H groups in total. The van der Waals surface area contributed by atoms with E-state index in [1.165, 1.54) is 17.0 Å². The molecule has 2 heterocycles. The maximum atomic E-state index is 12.6. The van der Waals surface area contributed by atoms with Crippen LogP contribution in [0.2, 0.25) is 0 Å². The van der Waals surface area contributed by atoms with Crippen molar-refractivity contribution in [3.8, 4) is 5.75 Å². The number of β-amino-alcohol motifs (C(OH)–C–C–N with tert-alkyl or cyclic N) is 1. The van der Waals surface area contributed by atoms with E-state index in [-0.39, 0.29) is 24.6 Å². The van der Waals surface area contributed by atoms with Crippen molar-refractivity contribution in [2.24, 2.45) is 0 Å². The van der Waals surface area contributed by atoms with E-state index in [4.69, 9.17) is 14.4 Å². The van der Waals surface area contributed by atoms with Gasteiger partial charge in [-0.3, -0.25) is 4.79 Å². The molecule has 1 fully saturated rings. The molecule has 0 aliphatic carbocycles. The lowest BCUT2D eigenvalue weighted by atomic mass is 10.2. The van der Waals surface area contributed by atoms with Gasteiger partial charge >= 0.3 is 5.97 Å². The van der Waals surface area contributed by atoms with Crippen molar-refractivity contribution in [3.63, 3.8) is 0 Å². The third kappa shape index (κ3) is 3.34. The minimum Gasteiger partial charge on any atom is -0.486 e. The van der Waals surface area contributed by atoms with Crippen molar-refractivity contribution >= 4 is 11.9 Å². The molecule has 8 heteroatoms. The maximum Gasteiger partial charge on any atom is 0.335 e. The highest BCUT2D eigenvalue weighted by molar-refractivity contribution is 5.96. The number of amides is 1. The Balaban J connectivity index is 1.72. The van der Waals surface area contributed by atoms with E-state index < -0.39 is 18.2 Å². The molecule has 2 aromatic rings. The average molecular weight is 346 g/mol. The molecule has 0 unspecified atom stereocenters. The van der Waals surface area contributed by atoms with Crippen LogP contribution in [0.5, 0.6) is 5.75 Å². The third-order valence-corrected chi connectivity index (χ3v) is 4.14. The van der Waals surface area contributed by atoms with Crippen LogP contribution >= 0.6 is 0 Å². The van der Waals surface area contributed by atoms with Gasteiger partial charge in [0.1, 0.15) is 29.3 Å². The molecular formula is C17H18N2O6. The highest BCUT2D eigenvalue weighted by Crippen LogP contribution is 2.23. The van der Waals surface area contributed by atoms with Gasteiger partial charge in [-0.2, -0.15) is 0 Å². The van der Waals surface area contributed by atoms with Crippen molar-refractivity contribution in [2.45, 2.75) is 26.1 Å².